The fourth-order valence-electron chi connectivity index (χ4n) is 2.13. The highest BCUT2D eigenvalue weighted by Gasteiger charge is 2.19. The summed E-state index contributed by atoms with van der Waals surface area (Å²) in [5.41, 5.74) is 0.732. The van der Waals surface area contributed by atoms with Crippen molar-refractivity contribution in [3.8, 4) is 11.4 Å². The molecule has 0 spiro atoms. The number of aromatic amines is 1. The van der Waals surface area contributed by atoms with E-state index >= 15 is 0 Å². The Morgan fingerprint density at radius 1 is 1.12 bits per heavy atom. The van der Waals surface area contributed by atoms with E-state index < -0.39 is 16.9 Å². The molecule has 3 aromatic rings. The standard InChI is InChI=1S/C17H13F2N3OS/c1-10(15(23)11-6-8-12(18)9-7-11)24-17-20-16(21-22-17)13-4-2-3-5-14(13)19/h2-10H,1H3,(H,20,21,22)/t10-/m0/s1. The highest BCUT2D eigenvalue weighted by atomic mass is 32.2. The van der Waals surface area contributed by atoms with Crippen molar-refractivity contribution in [2.24, 2.45) is 0 Å². The van der Waals surface area contributed by atoms with Crippen LogP contribution < -0.4 is 0 Å². The molecule has 24 heavy (non-hydrogen) atoms. The van der Waals surface area contributed by atoms with E-state index in [4.69, 9.17) is 0 Å². The molecule has 3 rings (SSSR count). The van der Waals surface area contributed by atoms with Gasteiger partial charge in [0.15, 0.2) is 11.6 Å². The highest BCUT2D eigenvalue weighted by molar-refractivity contribution is 8.00. The molecule has 1 aromatic heterocycles. The first-order valence-electron chi connectivity index (χ1n) is 7.18. The van der Waals surface area contributed by atoms with Crippen LogP contribution in [0.1, 0.15) is 17.3 Å². The zero-order chi connectivity index (χ0) is 17.1. The number of carbonyl (C=O) groups is 1. The molecule has 0 fully saturated rings. The summed E-state index contributed by atoms with van der Waals surface area (Å²) in [5.74, 6) is -0.648. The van der Waals surface area contributed by atoms with Crippen molar-refractivity contribution in [3.63, 3.8) is 0 Å². The summed E-state index contributed by atoms with van der Waals surface area (Å²) in [6.45, 7) is 1.72. The van der Waals surface area contributed by atoms with Crippen LogP contribution in [0.2, 0.25) is 0 Å². The van der Waals surface area contributed by atoms with Gasteiger partial charge in [0.25, 0.3) is 0 Å². The lowest BCUT2D eigenvalue weighted by Gasteiger charge is -2.07. The van der Waals surface area contributed by atoms with Gasteiger partial charge in [-0.2, -0.15) is 0 Å². The van der Waals surface area contributed by atoms with Gasteiger partial charge in [0.1, 0.15) is 11.6 Å². The summed E-state index contributed by atoms with van der Waals surface area (Å²) < 4.78 is 26.7. The van der Waals surface area contributed by atoms with E-state index in [2.05, 4.69) is 15.2 Å². The van der Waals surface area contributed by atoms with Crippen molar-refractivity contribution >= 4 is 17.5 Å². The van der Waals surface area contributed by atoms with Crippen molar-refractivity contribution in [2.45, 2.75) is 17.3 Å². The fraction of sp³-hybridized carbons (Fsp3) is 0.118. The van der Waals surface area contributed by atoms with Crippen LogP contribution in [-0.2, 0) is 0 Å². The molecule has 1 atom stereocenters. The first-order valence-corrected chi connectivity index (χ1v) is 8.06. The molecule has 1 N–H and O–H groups in total. The number of carbonyl (C=O) groups excluding carboxylic acids is 1. The van der Waals surface area contributed by atoms with Crippen molar-refractivity contribution in [2.75, 3.05) is 0 Å². The number of hydrogen-bond acceptors (Lipinski definition) is 4. The van der Waals surface area contributed by atoms with Gasteiger partial charge in [0.05, 0.1) is 10.8 Å². The first-order chi connectivity index (χ1) is 11.5. The number of aromatic nitrogens is 3. The predicted octanol–water partition coefficient (Wildman–Crippen LogP) is 4.11. The lowest BCUT2D eigenvalue weighted by atomic mass is 10.1. The Hall–Kier alpha value is -2.54. The van der Waals surface area contributed by atoms with E-state index in [9.17, 15) is 13.6 Å². The average Bonchev–Trinajstić information content (AvgIpc) is 3.03. The van der Waals surface area contributed by atoms with Crippen molar-refractivity contribution < 1.29 is 13.6 Å². The highest BCUT2D eigenvalue weighted by Crippen LogP contribution is 2.25. The largest absolute Gasteiger partial charge is 0.293 e. The van der Waals surface area contributed by atoms with Crippen LogP contribution in [0.3, 0.4) is 0 Å². The topological polar surface area (TPSA) is 58.6 Å². The van der Waals surface area contributed by atoms with Gasteiger partial charge in [-0.25, -0.2) is 13.8 Å². The van der Waals surface area contributed by atoms with Gasteiger partial charge in [-0.05, 0) is 43.3 Å². The number of benzene rings is 2. The minimum atomic E-state index is -0.459. The molecule has 0 aliphatic heterocycles. The molecule has 0 saturated heterocycles. The Labute approximate surface area is 141 Å². The molecule has 0 bridgehead atoms. The minimum absolute atomic E-state index is 0.155. The van der Waals surface area contributed by atoms with E-state index in [1.165, 1.54) is 30.3 Å². The Bertz CT molecular complexity index is 864. The zero-order valence-electron chi connectivity index (χ0n) is 12.7. The van der Waals surface area contributed by atoms with Crippen molar-refractivity contribution in [1.29, 1.82) is 0 Å². The van der Waals surface area contributed by atoms with E-state index in [0.29, 0.717) is 22.1 Å². The number of H-pyrrole nitrogens is 1. The van der Waals surface area contributed by atoms with E-state index in [1.54, 1.807) is 25.1 Å². The fourth-order valence-corrected chi connectivity index (χ4v) is 2.94. The molecule has 122 valence electrons. The molecule has 1 heterocycles. The SMILES string of the molecule is C[C@H](Sc1n[nH]c(-c2ccccc2F)n1)C(=O)c1ccc(F)cc1. The van der Waals surface area contributed by atoms with E-state index in [-0.39, 0.29) is 5.78 Å². The predicted molar refractivity (Wildman–Crippen MR) is 87.8 cm³/mol. The minimum Gasteiger partial charge on any atom is -0.293 e. The number of nitrogens with one attached hydrogen (secondary N) is 1. The molecule has 0 amide bonds. The summed E-state index contributed by atoms with van der Waals surface area (Å²) in [7, 11) is 0. The van der Waals surface area contributed by atoms with Crippen LogP contribution >= 0.6 is 11.8 Å². The quantitative estimate of drug-likeness (QED) is 0.558. The molecular weight excluding hydrogens is 332 g/mol. The second-order valence-electron chi connectivity index (χ2n) is 5.08. The molecule has 0 aliphatic rings. The number of thioether (sulfide) groups is 1. The monoisotopic (exact) mass is 345 g/mol. The van der Waals surface area contributed by atoms with Crippen molar-refractivity contribution in [3.05, 3.63) is 65.7 Å². The van der Waals surface area contributed by atoms with Gasteiger partial charge >= 0.3 is 0 Å². The molecule has 2 aromatic carbocycles. The lowest BCUT2D eigenvalue weighted by molar-refractivity contribution is 0.0994. The van der Waals surface area contributed by atoms with Crippen LogP contribution in [0.15, 0.2) is 53.7 Å². The molecule has 0 saturated carbocycles. The Morgan fingerprint density at radius 3 is 2.54 bits per heavy atom. The number of rotatable bonds is 5. The van der Waals surface area contributed by atoms with Gasteiger partial charge < -0.3 is 0 Å². The molecule has 0 aliphatic carbocycles. The maximum absolute atomic E-state index is 13.7. The van der Waals surface area contributed by atoms with Gasteiger partial charge in [0.2, 0.25) is 5.16 Å². The molecular formula is C17H13F2N3OS. The van der Waals surface area contributed by atoms with E-state index in [0.717, 1.165) is 11.8 Å². The van der Waals surface area contributed by atoms with Gasteiger partial charge in [-0.15, -0.1) is 5.10 Å². The van der Waals surface area contributed by atoms with Crippen LogP contribution in [0.5, 0.6) is 0 Å². The first kappa shape index (κ1) is 16.3. The Kier molecular flexibility index (Phi) is 4.71. The number of halogens is 2. The molecule has 0 unspecified atom stereocenters. The molecule has 7 heteroatoms. The second kappa shape index (κ2) is 6.92. The summed E-state index contributed by atoms with van der Waals surface area (Å²) in [4.78, 5) is 16.5. The van der Waals surface area contributed by atoms with Gasteiger partial charge in [-0.1, -0.05) is 23.9 Å². The van der Waals surface area contributed by atoms with Gasteiger partial charge in [-0.3, -0.25) is 9.89 Å². The Morgan fingerprint density at radius 2 is 1.83 bits per heavy atom. The van der Waals surface area contributed by atoms with E-state index in [1.807, 2.05) is 0 Å². The number of nitrogens with zero attached hydrogens (tertiary/aromatic N) is 2. The zero-order valence-corrected chi connectivity index (χ0v) is 13.5. The normalized spacial score (nSPS) is 12.1. The van der Waals surface area contributed by atoms with Gasteiger partial charge in [0, 0.05) is 5.56 Å². The third-order valence-electron chi connectivity index (χ3n) is 3.37. The van der Waals surface area contributed by atoms with Crippen molar-refractivity contribution in [1.82, 2.24) is 15.2 Å². The number of ketones is 1. The summed E-state index contributed by atoms with van der Waals surface area (Å²) in [5, 5.41) is 6.57. The maximum atomic E-state index is 13.7. The molecule has 0 radical (unpaired) electrons. The Balaban J connectivity index is 1.73. The number of Topliss-reactive ketones (excluding diaryl/α,β-unsaturated/α-hetero) is 1. The number of hydrogen-bond donors (Lipinski definition) is 1. The summed E-state index contributed by atoms with van der Waals surface area (Å²) in [6.07, 6.45) is 0. The lowest BCUT2D eigenvalue weighted by Crippen LogP contribution is -2.13. The summed E-state index contributed by atoms with van der Waals surface area (Å²) in [6, 6.07) is 11.6. The third kappa shape index (κ3) is 3.51. The van der Waals surface area contributed by atoms with Crippen LogP contribution in [0.25, 0.3) is 11.4 Å². The molecule has 4 nitrogen and oxygen atoms in total. The average molecular weight is 345 g/mol. The smallest absolute Gasteiger partial charge is 0.209 e. The maximum Gasteiger partial charge on any atom is 0.209 e. The van der Waals surface area contributed by atoms with Crippen LogP contribution in [-0.4, -0.2) is 26.2 Å². The second-order valence-corrected chi connectivity index (χ2v) is 6.39. The summed E-state index contributed by atoms with van der Waals surface area (Å²) >= 11 is 1.15. The third-order valence-corrected chi connectivity index (χ3v) is 4.34. The van der Waals surface area contributed by atoms with Crippen LogP contribution in [0, 0.1) is 11.6 Å². The van der Waals surface area contributed by atoms with Crippen LogP contribution in [0.4, 0.5) is 8.78 Å².